The summed E-state index contributed by atoms with van der Waals surface area (Å²) in [4.78, 5) is 43.3. The van der Waals surface area contributed by atoms with Gasteiger partial charge in [-0.1, -0.05) is 67.6 Å². The normalized spacial score (nSPS) is 29.9. The maximum absolute atomic E-state index is 14.4. The van der Waals surface area contributed by atoms with E-state index in [0.717, 1.165) is 10.8 Å². The molecule has 39 heavy (non-hydrogen) atoms. The summed E-state index contributed by atoms with van der Waals surface area (Å²) < 4.78 is 6.76. The number of anilines is 1. The number of amides is 3. The molecule has 0 aromatic heterocycles. The van der Waals surface area contributed by atoms with Crippen LogP contribution in [0.25, 0.3) is 10.8 Å². The minimum absolute atomic E-state index is 0.257. The Morgan fingerprint density at radius 2 is 1.74 bits per heavy atom. The lowest BCUT2D eigenvalue weighted by Crippen LogP contribution is -2.54. The maximum Gasteiger partial charge on any atom is 0.250 e. The lowest BCUT2D eigenvalue weighted by atomic mass is 9.65. The van der Waals surface area contributed by atoms with Crippen molar-refractivity contribution in [3.63, 3.8) is 0 Å². The number of fused-ring (bicyclic) bond motifs is 2. The molecule has 1 spiro atoms. The highest BCUT2D eigenvalue weighted by atomic mass is 16.5. The Hall–Kier alpha value is -3.75. The number of aliphatic hydroxyl groups excluding tert-OH is 1. The number of nitrogens with zero attached hydrogens (tertiary/aromatic N) is 1. The molecule has 0 aliphatic carbocycles. The van der Waals surface area contributed by atoms with E-state index in [1.54, 1.807) is 7.05 Å². The maximum atomic E-state index is 14.4. The highest BCUT2D eigenvalue weighted by Crippen LogP contribution is 2.65. The molecule has 3 aliphatic rings. The number of nitrogens with one attached hydrogen (secondary N) is 2. The summed E-state index contributed by atoms with van der Waals surface area (Å²) in [6.07, 6.45) is 1.61. The Morgan fingerprint density at radius 3 is 2.44 bits per heavy atom. The van der Waals surface area contributed by atoms with E-state index >= 15 is 0 Å². The van der Waals surface area contributed by atoms with Crippen molar-refractivity contribution in [2.45, 2.75) is 49.5 Å². The van der Waals surface area contributed by atoms with Gasteiger partial charge < -0.3 is 25.4 Å². The fourth-order valence-corrected chi connectivity index (χ4v) is 7.35. The van der Waals surface area contributed by atoms with E-state index in [-0.39, 0.29) is 24.3 Å². The summed E-state index contributed by atoms with van der Waals surface area (Å²) >= 11 is 0. The standard InChI is InChI=1S/C31H33N3O5/c1-3-30-15-16-31(39-30)25(24(30)27(36)32-2)29(38)34(23(18-35)20-10-5-4-6-11-20)26(31)28(37)33-22-14-13-19-9-7-8-12-21(19)17-22/h4-14,17,23-26,35H,3,15-16,18H2,1-2H3,(H,32,36)(H,33,37)/t23-,24-,25+,26?,30+,31?/m1/s1. The monoisotopic (exact) mass is 527 g/mol. The molecule has 6 rings (SSSR count). The van der Waals surface area contributed by atoms with Gasteiger partial charge in [-0.2, -0.15) is 0 Å². The molecule has 8 heteroatoms. The second kappa shape index (κ2) is 9.47. The molecule has 3 amide bonds. The Bertz CT molecular complexity index is 1440. The molecule has 3 heterocycles. The summed E-state index contributed by atoms with van der Waals surface area (Å²) in [6, 6.07) is 21.0. The third-order valence-corrected chi connectivity index (χ3v) is 9.11. The second-order valence-electron chi connectivity index (χ2n) is 10.9. The number of ether oxygens (including phenoxy) is 1. The van der Waals surface area contributed by atoms with Gasteiger partial charge in [0, 0.05) is 12.7 Å². The molecule has 3 fully saturated rings. The van der Waals surface area contributed by atoms with Gasteiger partial charge in [-0.05, 0) is 47.7 Å². The summed E-state index contributed by atoms with van der Waals surface area (Å²) in [5, 5.41) is 18.4. The summed E-state index contributed by atoms with van der Waals surface area (Å²) in [5.41, 5.74) is -0.667. The van der Waals surface area contributed by atoms with E-state index in [2.05, 4.69) is 10.6 Å². The van der Waals surface area contributed by atoms with Crippen LogP contribution in [0.15, 0.2) is 72.8 Å². The fraction of sp³-hybridized carbons (Fsp3) is 0.387. The number of benzene rings is 3. The Morgan fingerprint density at radius 1 is 1.03 bits per heavy atom. The third-order valence-electron chi connectivity index (χ3n) is 9.11. The van der Waals surface area contributed by atoms with Crippen molar-refractivity contribution in [3.8, 4) is 0 Å². The zero-order valence-corrected chi connectivity index (χ0v) is 22.1. The zero-order valence-electron chi connectivity index (χ0n) is 22.1. The molecule has 0 saturated carbocycles. The van der Waals surface area contributed by atoms with Gasteiger partial charge in [0.1, 0.15) is 11.6 Å². The third kappa shape index (κ3) is 3.69. The first-order chi connectivity index (χ1) is 18.9. The van der Waals surface area contributed by atoms with Crippen molar-refractivity contribution in [2.24, 2.45) is 11.8 Å². The average molecular weight is 528 g/mol. The fourth-order valence-electron chi connectivity index (χ4n) is 7.35. The van der Waals surface area contributed by atoms with E-state index in [1.165, 1.54) is 4.90 Å². The van der Waals surface area contributed by atoms with Crippen molar-refractivity contribution in [2.75, 3.05) is 19.0 Å². The van der Waals surface area contributed by atoms with Crippen molar-refractivity contribution in [3.05, 3.63) is 78.4 Å². The predicted molar refractivity (Wildman–Crippen MR) is 147 cm³/mol. The topological polar surface area (TPSA) is 108 Å². The van der Waals surface area contributed by atoms with Gasteiger partial charge >= 0.3 is 0 Å². The largest absolute Gasteiger partial charge is 0.394 e. The molecule has 3 N–H and O–H groups in total. The van der Waals surface area contributed by atoms with Gasteiger partial charge in [-0.15, -0.1) is 0 Å². The number of carbonyl (C=O) groups excluding carboxylic acids is 3. The van der Waals surface area contributed by atoms with Crippen molar-refractivity contribution in [1.82, 2.24) is 10.2 Å². The van der Waals surface area contributed by atoms with Gasteiger partial charge in [0.05, 0.1) is 30.1 Å². The molecule has 3 aromatic rings. The number of aliphatic hydroxyl groups is 1. The van der Waals surface area contributed by atoms with E-state index < -0.39 is 35.1 Å². The smallest absolute Gasteiger partial charge is 0.250 e. The number of likely N-dealkylation sites (tertiary alicyclic amines) is 1. The van der Waals surface area contributed by atoms with Crippen LogP contribution in [0.1, 0.15) is 37.8 Å². The lowest BCUT2D eigenvalue weighted by molar-refractivity contribution is -0.149. The quantitative estimate of drug-likeness (QED) is 0.437. The Labute approximate surface area is 227 Å². The lowest BCUT2D eigenvalue weighted by Gasteiger charge is -2.37. The van der Waals surface area contributed by atoms with E-state index in [4.69, 9.17) is 4.74 Å². The number of carbonyl (C=O) groups is 3. The summed E-state index contributed by atoms with van der Waals surface area (Å²) in [5.74, 6) is -2.52. The van der Waals surface area contributed by atoms with Crippen molar-refractivity contribution < 1.29 is 24.2 Å². The SMILES string of the molecule is CC[C@@]12CCC3(O1)C(C(=O)Nc1ccc4ccccc4c1)N([C@H](CO)c1ccccc1)C(=O)[C@@H]3[C@@H]2C(=O)NC. The van der Waals surface area contributed by atoms with E-state index in [0.29, 0.717) is 30.5 Å². The van der Waals surface area contributed by atoms with Crippen LogP contribution in [-0.2, 0) is 19.1 Å². The zero-order chi connectivity index (χ0) is 27.4. The van der Waals surface area contributed by atoms with Gasteiger partial charge in [-0.25, -0.2) is 0 Å². The van der Waals surface area contributed by atoms with Gasteiger partial charge in [-0.3, -0.25) is 14.4 Å². The molecule has 0 radical (unpaired) electrons. The number of hydrogen-bond donors (Lipinski definition) is 3. The predicted octanol–water partition coefficient (Wildman–Crippen LogP) is 3.41. The van der Waals surface area contributed by atoms with Crippen LogP contribution in [-0.4, -0.2) is 58.6 Å². The summed E-state index contributed by atoms with van der Waals surface area (Å²) in [7, 11) is 1.56. The first kappa shape index (κ1) is 25.5. The van der Waals surface area contributed by atoms with Crippen LogP contribution in [0.4, 0.5) is 5.69 Å². The highest BCUT2D eigenvalue weighted by molar-refractivity contribution is 6.04. The molecule has 202 valence electrons. The van der Waals surface area contributed by atoms with Gasteiger partial charge in [0.25, 0.3) is 0 Å². The van der Waals surface area contributed by atoms with Crippen molar-refractivity contribution in [1.29, 1.82) is 0 Å². The summed E-state index contributed by atoms with van der Waals surface area (Å²) in [6.45, 7) is 1.59. The first-order valence-corrected chi connectivity index (χ1v) is 13.6. The molecule has 6 atom stereocenters. The molecular weight excluding hydrogens is 494 g/mol. The van der Waals surface area contributed by atoms with Crippen LogP contribution in [0.3, 0.4) is 0 Å². The van der Waals surface area contributed by atoms with E-state index in [9.17, 15) is 19.5 Å². The highest BCUT2D eigenvalue weighted by Gasteiger charge is 2.79. The molecule has 8 nitrogen and oxygen atoms in total. The van der Waals surface area contributed by atoms with Crippen LogP contribution in [0, 0.1) is 11.8 Å². The van der Waals surface area contributed by atoms with Crippen LogP contribution >= 0.6 is 0 Å². The second-order valence-corrected chi connectivity index (χ2v) is 10.9. The van der Waals surface area contributed by atoms with E-state index in [1.807, 2.05) is 79.7 Å². The van der Waals surface area contributed by atoms with Gasteiger partial charge in [0.15, 0.2) is 0 Å². The molecule has 3 saturated heterocycles. The minimum atomic E-state index is -1.17. The van der Waals surface area contributed by atoms with Crippen LogP contribution in [0.5, 0.6) is 0 Å². The minimum Gasteiger partial charge on any atom is -0.394 e. The van der Waals surface area contributed by atoms with Gasteiger partial charge in [0.2, 0.25) is 17.7 Å². The Kier molecular flexibility index (Phi) is 6.19. The van der Waals surface area contributed by atoms with Crippen LogP contribution in [0.2, 0.25) is 0 Å². The Balaban J connectivity index is 1.46. The molecular formula is C31H33N3O5. The number of rotatable bonds is 7. The molecule has 2 bridgehead atoms. The molecule has 3 aliphatic heterocycles. The number of hydrogen-bond acceptors (Lipinski definition) is 5. The average Bonchev–Trinajstić information content (AvgIpc) is 3.57. The van der Waals surface area contributed by atoms with Crippen LogP contribution < -0.4 is 10.6 Å². The molecule has 3 aromatic carbocycles. The first-order valence-electron chi connectivity index (χ1n) is 13.6. The molecule has 2 unspecified atom stereocenters. The van der Waals surface area contributed by atoms with Crippen molar-refractivity contribution >= 4 is 34.2 Å².